The summed E-state index contributed by atoms with van der Waals surface area (Å²) >= 11 is 0. The monoisotopic (exact) mass is 674 g/mol. The van der Waals surface area contributed by atoms with Crippen LogP contribution < -0.4 is 10.6 Å². The first-order valence-electron chi connectivity index (χ1n) is 18.3. The number of aliphatic hydroxyl groups is 1. The topological polar surface area (TPSA) is 86.3 Å². The average Bonchev–Trinajstić information content (AvgIpc) is 3.86. The molecule has 3 aliphatic heterocycles. The van der Waals surface area contributed by atoms with Crippen LogP contribution in [0.3, 0.4) is 0 Å². The van der Waals surface area contributed by atoms with Crippen LogP contribution in [0.5, 0.6) is 0 Å². The number of hydrogen-bond donors (Lipinski definition) is 3. The highest BCUT2D eigenvalue weighted by Crippen LogP contribution is 2.39. The van der Waals surface area contributed by atoms with E-state index in [-0.39, 0.29) is 24.8 Å². The van der Waals surface area contributed by atoms with Crippen molar-refractivity contribution in [1.29, 1.82) is 0 Å². The quantitative estimate of drug-likeness (QED) is 0.151. The van der Waals surface area contributed by atoms with E-state index in [2.05, 4.69) is 69.0 Å². The van der Waals surface area contributed by atoms with E-state index in [1.54, 1.807) is 0 Å². The molecule has 0 saturated carbocycles. The lowest BCUT2D eigenvalue weighted by Gasteiger charge is -2.39. The minimum atomic E-state index is -0.506. The standard InChI is InChI=1S/C42H50N4O4/c47-30-32-16-18-34(19-17-32)40-25-39(29-46-22-8-15-38(46)28-45-20-4-5-21-45)49-41(50-40)37-14-7-13-36(24-37)35-12-6-11-33(23-35)27-44-42(48)43-26-31-9-2-1-3-10-31/h1-3,6-7,9-14,16-19,23-24,38-41,47H,4-5,8,15,20-22,25-30H2,(H2,43,44,48). The fourth-order valence-corrected chi connectivity index (χ4v) is 7.65. The summed E-state index contributed by atoms with van der Waals surface area (Å²) in [5, 5.41) is 15.5. The van der Waals surface area contributed by atoms with Crippen molar-refractivity contribution in [1.82, 2.24) is 20.4 Å². The summed E-state index contributed by atoms with van der Waals surface area (Å²) in [5.41, 5.74) is 7.22. The molecule has 8 nitrogen and oxygen atoms in total. The molecular weight excluding hydrogens is 624 g/mol. The molecule has 3 heterocycles. The third kappa shape index (κ3) is 8.99. The maximum Gasteiger partial charge on any atom is 0.315 e. The van der Waals surface area contributed by atoms with Crippen molar-refractivity contribution >= 4 is 6.03 Å². The van der Waals surface area contributed by atoms with Crippen LogP contribution in [-0.2, 0) is 29.2 Å². The largest absolute Gasteiger partial charge is 0.392 e. The normalized spacial score (nSPS) is 22.8. The van der Waals surface area contributed by atoms with E-state index < -0.39 is 6.29 Å². The fourth-order valence-electron chi connectivity index (χ4n) is 7.65. The third-order valence-corrected chi connectivity index (χ3v) is 10.4. The molecule has 50 heavy (non-hydrogen) atoms. The Morgan fingerprint density at radius 1 is 0.700 bits per heavy atom. The van der Waals surface area contributed by atoms with Crippen LogP contribution in [0.25, 0.3) is 11.1 Å². The number of aliphatic hydroxyl groups excluding tert-OH is 1. The summed E-state index contributed by atoms with van der Waals surface area (Å²) < 4.78 is 13.5. The molecule has 0 radical (unpaired) electrons. The minimum Gasteiger partial charge on any atom is -0.392 e. The van der Waals surface area contributed by atoms with Crippen molar-refractivity contribution in [2.75, 3.05) is 32.7 Å². The number of ether oxygens (including phenoxy) is 2. The number of nitrogens with zero attached hydrogens (tertiary/aromatic N) is 2. The lowest BCUT2D eigenvalue weighted by molar-refractivity contribution is -0.253. The Morgan fingerprint density at radius 3 is 2.20 bits per heavy atom. The molecular formula is C42H50N4O4. The van der Waals surface area contributed by atoms with E-state index in [1.165, 1.54) is 38.8 Å². The molecule has 262 valence electrons. The van der Waals surface area contributed by atoms with E-state index in [9.17, 15) is 9.90 Å². The van der Waals surface area contributed by atoms with E-state index in [1.807, 2.05) is 54.6 Å². The average molecular weight is 675 g/mol. The lowest BCUT2D eigenvalue weighted by Crippen LogP contribution is -2.45. The van der Waals surface area contributed by atoms with Crippen LogP contribution in [0.1, 0.15) is 72.3 Å². The number of carbonyl (C=O) groups is 1. The van der Waals surface area contributed by atoms with Gasteiger partial charge in [0, 0.05) is 44.2 Å². The van der Waals surface area contributed by atoms with Gasteiger partial charge in [-0.25, -0.2) is 4.79 Å². The van der Waals surface area contributed by atoms with Gasteiger partial charge in [0.1, 0.15) is 0 Å². The van der Waals surface area contributed by atoms with E-state index in [0.29, 0.717) is 19.1 Å². The van der Waals surface area contributed by atoms with Gasteiger partial charge in [-0.2, -0.15) is 0 Å². The number of rotatable bonds is 12. The van der Waals surface area contributed by atoms with Crippen molar-refractivity contribution in [2.45, 2.75) is 76.3 Å². The zero-order chi connectivity index (χ0) is 34.1. The van der Waals surface area contributed by atoms with Crippen LogP contribution in [0.15, 0.2) is 103 Å². The second-order valence-electron chi connectivity index (χ2n) is 14.0. The molecule has 4 aromatic rings. The van der Waals surface area contributed by atoms with Crippen LogP contribution in [0.4, 0.5) is 4.79 Å². The third-order valence-electron chi connectivity index (χ3n) is 10.4. The van der Waals surface area contributed by atoms with Crippen molar-refractivity contribution in [3.8, 4) is 11.1 Å². The van der Waals surface area contributed by atoms with Gasteiger partial charge in [-0.05, 0) is 90.8 Å². The van der Waals surface area contributed by atoms with Gasteiger partial charge in [0.2, 0.25) is 0 Å². The van der Waals surface area contributed by atoms with Crippen LogP contribution in [0.2, 0.25) is 0 Å². The maximum absolute atomic E-state index is 12.5. The number of nitrogens with one attached hydrogen (secondary N) is 2. The highest BCUT2D eigenvalue weighted by atomic mass is 16.7. The summed E-state index contributed by atoms with van der Waals surface area (Å²) in [7, 11) is 0. The van der Waals surface area contributed by atoms with Crippen molar-refractivity contribution in [3.63, 3.8) is 0 Å². The summed E-state index contributed by atoms with van der Waals surface area (Å²) in [5.74, 6) is 0. The van der Waals surface area contributed by atoms with Gasteiger partial charge in [-0.15, -0.1) is 0 Å². The second kappa shape index (κ2) is 16.8. The zero-order valence-electron chi connectivity index (χ0n) is 28.9. The van der Waals surface area contributed by atoms with E-state index in [0.717, 1.165) is 65.0 Å². The molecule has 3 aliphatic rings. The van der Waals surface area contributed by atoms with Crippen molar-refractivity contribution < 1.29 is 19.4 Å². The predicted molar refractivity (Wildman–Crippen MR) is 196 cm³/mol. The Hall–Kier alpha value is -4.05. The number of likely N-dealkylation sites (tertiary alicyclic amines) is 2. The van der Waals surface area contributed by atoms with Crippen LogP contribution in [0, 0.1) is 0 Å². The number of benzene rings is 4. The number of carbonyl (C=O) groups excluding carboxylic acids is 1. The molecule has 3 N–H and O–H groups in total. The highest BCUT2D eigenvalue weighted by molar-refractivity contribution is 5.74. The Kier molecular flexibility index (Phi) is 11.5. The van der Waals surface area contributed by atoms with E-state index in [4.69, 9.17) is 9.47 Å². The molecule has 0 spiro atoms. The van der Waals surface area contributed by atoms with Gasteiger partial charge in [0.15, 0.2) is 6.29 Å². The molecule has 7 rings (SSSR count). The molecule has 8 heteroatoms. The first kappa shape index (κ1) is 34.4. The van der Waals surface area contributed by atoms with Crippen LogP contribution >= 0.6 is 0 Å². The summed E-state index contributed by atoms with van der Waals surface area (Å²) in [6.45, 7) is 6.57. The number of hydrogen-bond acceptors (Lipinski definition) is 6. The second-order valence-corrected chi connectivity index (χ2v) is 14.0. The van der Waals surface area contributed by atoms with Gasteiger partial charge in [0.25, 0.3) is 0 Å². The lowest BCUT2D eigenvalue weighted by atomic mass is 9.98. The molecule has 0 aromatic heterocycles. The fraction of sp³-hybridized carbons (Fsp3) is 0.405. The summed E-state index contributed by atoms with van der Waals surface area (Å²) in [6, 6.07) is 35.2. The van der Waals surface area contributed by atoms with Crippen molar-refractivity contribution in [3.05, 3.63) is 131 Å². The van der Waals surface area contributed by atoms with Gasteiger partial charge >= 0.3 is 6.03 Å². The molecule has 3 saturated heterocycles. The first-order chi connectivity index (χ1) is 24.6. The Labute approximate surface area is 296 Å². The number of amides is 2. The van der Waals surface area contributed by atoms with Crippen LogP contribution in [-0.4, -0.2) is 65.8 Å². The Balaban J connectivity index is 1.04. The van der Waals surface area contributed by atoms with Gasteiger partial charge in [-0.3, -0.25) is 4.90 Å². The summed E-state index contributed by atoms with van der Waals surface area (Å²) in [6.07, 6.45) is 5.33. The molecule has 0 bridgehead atoms. The Bertz CT molecular complexity index is 1680. The van der Waals surface area contributed by atoms with E-state index >= 15 is 0 Å². The number of urea groups is 1. The van der Waals surface area contributed by atoms with Gasteiger partial charge in [-0.1, -0.05) is 91.0 Å². The van der Waals surface area contributed by atoms with Gasteiger partial charge in [0.05, 0.1) is 18.8 Å². The molecule has 4 aromatic carbocycles. The van der Waals surface area contributed by atoms with Crippen molar-refractivity contribution in [2.24, 2.45) is 0 Å². The SMILES string of the molecule is O=C(NCc1ccccc1)NCc1cccc(-c2cccc(C3OC(CN4CCCC4CN4CCCC4)CC(c4ccc(CO)cc4)O3)c2)c1. The predicted octanol–water partition coefficient (Wildman–Crippen LogP) is 6.95. The molecule has 4 unspecified atom stereocenters. The smallest absolute Gasteiger partial charge is 0.315 e. The zero-order valence-corrected chi connectivity index (χ0v) is 28.9. The maximum atomic E-state index is 12.5. The minimum absolute atomic E-state index is 0.0268. The summed E-state index contributed by atoms with van der Waals surface area (Å²) in [4.78, 5) is 17.8. The first-order valence-corrected chi connectivity index (χ1v) is 18.3. The van der Waals surface area contributed by atoms with Gasteiger partial charge < -0.3 is 30.1 Å². The molecule has 4 atom stereocenters. The highest BCUT2D eigenvalue weighted by Gasteiger charge is 2.36. The molecule has 2 amide bonds. The molecule has 3 fully saturated rings. The Morgan fingerprint density at radius 2 is 1.42 bits per heavy atom. The molecule has 0 aliphatic carbocycles.